The molecular weight excluding hydrogens is 362 g/mol. The van der Waals surface area contributed by atoms with E-state index in [9.17, 15) is 9.59 Å². The lowest BCUT2D eigenvalue weighted by molar-refractivity contribution is -0.117. The minimum atomic E-state index is -0.229. The Balaban J connectivity index is 1.56. The number of fused-ring (bicyclic) bond motifs is 1. The normalized spacial score (nSPS) is 13.0. The first-order valence-electron chi connectivity index (χ1n) is 8.44. The summed E-state index contributed by atoms with van der Waals surface area (Å²) in [5.74, 6) is 0.262. The minimum absolute atomic E-state index is 0.0919. The zero-order valence-corrected chi connectivity index (χ0v) is 15.2. The fraction of sp³-hybridized carbons (Fsp3) is 0.158. The smallest absolute Gasteiger partial charge is 0.253 e. The first kappa shape index (κ1) is 17.2. The van der Waals surface area contributed by atoms with Crippen molar-refractivity contribution in [3.8, 4) is 0 Å². The summed E-state index contributed by atoms with van der Waals surface area (Å²) in [7, 11) is 0. The third kappa shape index (κ3) is 3.80. The zero-order valence-electron chi connectivity index (χ0n) is 14.4. The molecule has 3 aromatic rings. The van der Waals surface area contributed by atoms with Gasteiger partial charge in [-0.15, -0.1) is 0 Å². The molecule has 0 fully saturated rings. The van der Waals surface area contributed by atoms with E-state index in [-0.39, 0.29) is 18.4 Å². The SMILES string of the molecule is O=C(NCc1ccsc1)c1cnc2c(c1)N(Cc1ccccn1)C(=O)CN2. The fourth-order valence-corrected chi connectivity index (χ4v) is 3.48. The van der Waals surface area contributed by atoms with Gasteiger partial charge < -0.3 is 15.5 Å². The van der Waals surface area contributed by atoms with Crippen LogP contribution >= 0.6 is 11.3 Å². The van der Waals surface area contributed by atoms with Gasteiger partial charge in [0.2, 0.25) is 5.91 Å². The number of pyridine rings is 2. The highest BCUT2D eigenvalue weighted by Gasteiger charge is 2.26. The van der Waals surface area contributed by atoms with Gasteiger partial charge in [0, 0.05) is 18.9 Å². The van der Waals surface area contributed by atoms with Crippen LogP contribution in [-0.2, 0) is 17.9 Å². The van der Waals surface area contributed by atoms with Gasteiger partial charge in [0.05, 0.1) is 30.0 Å². The summed E-state index contributed by atoms with van der Waals surface area (Å²) >= 11 is 1.59. The molecule has 1 aliphatic heterocycles. The molecule has 1 aliphatic rings. The summed E-state index contributed by atoms with van der Waals surface area (Å²) < 4.78 is 0. The molecule has 0 aliphatic carbocycles. The number of carbonyl (C=O) groups is 2. The van der Waals surface area contributed by atoms with Gasteiger partial charge in [0.1, 0.15) is 0 Å². The molecule has 0 bridgehead atoms. The molecule has 4 heterocycles. The quantitative estimate of drug-likeness (QED) is 0.711. The van der Waals surface area contributed by atoms with Gasteiger partial charge in [0.25, 0.3) is 5.91 Å². The second kappa shape index (κ2) is 7.55. The lowest BCUT2D eigenvalue weighted by Gasteiger charge is -2.29. The van der Waals surface area contributed by atoms with Crippen molar-refractivity contribution < 1.29 is 9.59 Å². The Morgan fingerprint density at radius 1 is 1.30 bits per heavy atom. The maximum Gasteiger partial charge on any atom is 0.253 e. The lowest BCUT2D eigenvalue weighted by atomic mass is 10.1. The van der Waals surface area contributed by atoms with Crippen molar-refractivity contribution in [1.29, 1.82) is 0 Å². The van der Waals surface area contributed by atoms with E-state index in [0.717, 1.165) is 11.3 Å². The standard InChI is InChI=1S/C19H17N5O2S/c25-17-10-22-18-16(24(17)11-15-3-1-2-5-20-15)7-14(9-21-18)19(26)23-8-13-4-6-27-12-13/h1-7,9,12H,8,10-11H2,(H,21,22)(H,23,26). The monoisotopic (exact) mass is 379 g/mol. The van der Waals surface area contributed by atoms with E-state index in [1.807, 2.05) is 35.0 Å². The molecule has 2 N–H and O–H groups in total. The van der Waals surface area contributed by atoms with Crippen molar-refractivity contribution in [2.45, 2.75) is 13.1 Å². The van der Waals surface area contributed by atoms with Gasteiger partial charge in [-0.1, -0.05) is 6.07 Å². The molecule has 2 amide bonds. The van der Waals surface area contributed by atoms with Crippen LogP contribution < -0.4 is 15.5 Å². The fourth-order valence-electron chi connectivity index (χ4n) is 2.81. The van der Waals surface area contributed by atoms with Crippen molar-refractivity contribution in [3.63, 3.8) is 0 Å². The van der Waals surface area contributed by atoms with E-state index < -0.39 is 0 Å². The average Bonchev–Trinajstić information content (AvgIpc) is 3.22. The van der Waals surface area contributed by atoms with Gasteiger partial charge >= 0.3 is 0 Å². The van der Waals surface area contributed by atoms with Crippen molar-refractivity contribution in [3.05, 3.63) is 70.3 Å². The molecule has 0 unspecified atom stereocenters. The van der Waals surface area contributed by atoms with Gasteiger partial charge in [-0.05, 0) is 40.6 Å². The van der Waals surface area contributed by atoms with E-state index in [2.05, 4.69) is 20.6 Å². The van der Waals surface area contributed by atoms with Crippen molar-refractivity contribution in [2.75, 3.05) is 16.8 Å². The van der Waals surface area contributed by atoms with E-state index >= 15 is 0 Å². The first-order valence-corrected chi connectivity index (χ1v) is 9.38. The van der Waals surface area contributed by atoms with Crippen molar-refractivity contribution in [1.82, 2.24) is 15.3 Å². The number of hydrogen-bond acceptors (Lipinski definition) is 6. The van der Waals surface area contributed by atoms with Gasteiger partial charge in [-0.2, -0.15) is 11.3 Å². The zero-order chi connectivity index (χ0) is 18.6. The third-order valence-corrected chi connectivity index (χ3v) is 4.94. The molecule has 0 saturated carbocycles. The highest BCUT2D eigenvalue weighted by atomic mass is 32.1. The predicted octanol–water partition coefficient (Wildman–Crippen LogP) is 2.43. The first-order chi connectivity index (χ1) is 13.2. The van der Waals surface area contributed by atoms with E-state index in [1.54, 1.807) is 28.5 Å². The molecule has 0 saturated heterocycles. The van der Waals surface area contributed by atoms with Crippen LogP contribution in [0.5, 0.6) is 0 Å². The van der Waals surface area contributed by atoms with Crippen LogP contribution in [0.25, 0.3) is 0 Å². The molecule has 3 aromatic heterocycles. The number of nitrogens with one attached hydrogen (secondary N) is 2. The molecule has 27 heavy (non-hydrogen) atoms. The maximum absolute atomic E-state index is 12.5. The Hall–Kier alpha value is -3.26. The lowest BCUT2D eigenvalue weighted by Crippen LogP contribution is -2.40. The number of carbonyl (C=O) groups excluding carboxylic acids is 2. The second-order valence-corrected chi connectivity index (χ2v) is 6.84. The minimum Gasteiger partial charge on any atom is -0.359 e. The maximum atomic E-state index is 12.5. The molecule has 0 spiro atoms. The number of amides is 2. The summed E-state index contributed by atoms with van der Waals surface area (Å²) in [5.41, 5.74) is 2.81. The number of hydrogen-bond donors (Lipinski definition) is 2. The largest absolute Gasteiger partial charge is 0.359 e. The Labute approximate surface area is 160 Å². The number of thiophene rings is 1. The average molecular weight is 379 g/mol. The highest BCUT2D eigenvalue weighted by Crippen LogP contribution is 2.29. The van der Waals surface area contributed by atoms with Crippen molar-refractivity contribution in [2.24, 2.45) is 0 Å². The Morgan fingerprint density at radius 2 is 2.22 bits per heavy atom. The summed E-state index contributed by atoms with van der Waals surface area (Å²) in [4.78, 5) is 35.1. The predicted molar refractivity (Wildman–Crippen MR) is 104 cm³/mol. The number of rotatable bonds is 5. The Morgan fingerprint density at radius 3 is 3.00 bits per heavy atom. The molecule has 0 atom stereocenters. The van der Waals surface area contributed by atoms with E-state index in [1.165, 1.54) is 6.20 Å². The molecular formula is C19H17N5O2S. The molecule has 7 nitrogen and oxygen atoms in total. The summed E-state index contributed by atoms with van der Waals surface area (Å²) in [5, 5.41) is 9.83. The highest BCUT2D eigenvalue weighted by molar-refractivity contribution is 7.07. The molecule has 0 radical (unpaired) electrons. The summed E-state index contributed by atoms with van der Waals surface area (Å²) in [6, 6.07) is 9.22. The van der Waals surface area contributed by atoms with Crippen molar-refractivity contribution >= 4 is 34.7 Å². The number of anilines is 2. The van der Waals surface area contributed by atoms with Crippen LogP contribution in [0, 0.1) is 0 Å². The second-order valence-electron chi connectivity index (χ2n) is 6.06. The van der Waals surface area contributed by atoms with E-state index in [4.69, 9.17) is 0 Å². The Bertz CT molecular complexity index is 959. The Kier molecular flexibility index (Phi) is 4.80. The third-order valence-electron chi connectivity index (χ3n) is 4.21. The van der Waals surface area contributed by atoms with Crippen LogP contribution in [0.2, 0.25) is 0 Å². The number of aromatic nitrogens is 2. The van der Waals surface area contributed by atoms with Gasteiger partial charge in [-0.25, -0.2) is 4.98 Å². The molecule has 8 heteroatoms. The topological polar surface area (TPSA) is 87.2 Å². The van der Waals surface area contributed by atoms with Gasteiger partial charge in [-0.3, -0.25) is 14.6 Å². The molecule has 136 valence electrons. The van der Waals surface area contributed by atoms with Crippen LogP contribution in [0.4, 0.5) is 11.5 Å². The number of nitrogens with zero attached hydrogens (tertiary/aromatic N) is 3. The van der Waals surface area contributed by atoms with E-state index in [0.29, 0.717) is 30.2 Å². The van der Waals surface area contributed by atoms with Crippen LogP contribution in [0.3, 0.4) is 0 Å². The van der Waals surface area contributed by atoms with Gasteiger partial charge in [0.15, 0.2) is 5.82 Å². The van der Waals surface area contributed by atoms with Crippen LogP contribution in [0.15, 0.2) is 53.5 Å². The van der Waals surface area contributed by atoms with Crippen LogP contribution in [-0.4, -0.2) is 28.3 Å². The summed E-state index contributed by atoms with van der Waals surface area (Å²) in [6.07, 6.45) is 3.21. The molecule has 4 rings (SSSR count). The summed E-state index contributed by atoms with van der Waals surface area (Å²) in [6.45, 7) is 0.945. The van der Waals surface area contributed by atoms with Crippen LogP contribution in [0.1, 0.15) is 21.6 Å². The molecule has 0 aromatic carbocycles.